The zero-order valence-electron chi connectivity index (χ0n) is 51.4. The van der Waals surface area contributed by atoms with E-state index in [1.54, 1.807) is 0 Å². The molecule has 0 spiro atoms. The normalized spacial score (nSPS) is 12.7. The monoisotopic (exact) mass is 1080 g/mol. The zero-order chi connectivity index (χ0) is 56.4. The largest absolute Gasteiger partial charge is 0.462 e. The third-order valence-corrected chi connectivity index (χ3v) is 14.3. The minimum atomic E-state index is -0.800. The number of esters is 3. The van der Waals surface area contributed by atoms with Gasteiger partial charge in [0.05, 0.1) is 0 Å². The Morgan fingerprint density at radius 2 is 0.500 bits per heavy atom. The molecule has 0 amide bonds. The zero-order valence-corrected chi connectivity index (χ0v) is 51.4. The first kappa shape index (κ1) is 74.3. The van der Waals surface area contributed by atoms with Crippen LogP contribution in [0.5, 0.6) is 0 Å². The van der Waals surface area contributed by atoms with Crippen LogP contribution in [0.1, 0.15) is 323 Å². The first-order chi connectivity index (χ1) is 38.5. The fourth-order valence-electron chi connectivity index (χ4n) is 9.32. The Morgan fingerprint density at radius 1 is 0.269 bits per heavy atom. The molecule has 0 aliphatic heterocycles. The molecule has 1 unspecified atom stereocenters. The minimum absolute atomic E-state index is 0.0932. The molecule has 0 saturated carbocycles. The average molecular weight is 1090 g/mol. The summed E-state index contributed by atoms with van der Waals surface area (Å²) in [5, 5.41) is 0. The van der Waals surface area contributed by atoms with Crippen molar-refractivity contribution in [2.24, 2.45) is 0 Å². The number of rotatable bonds is 60. The molecule has 0 aromatic heterocycles. The first-order valence-electron chi connectivity index (χ1n) is 33.2. The molecule has 448 valence electrons. The summed E-state index contributed by atoms with van der Waals surface area (Å²) in [4.78, 5) is 38.3. The Labute approximate surface area is 483 Å². The van der Waals surface area contributed by atoms with E-state index in [4.69, 9.17) is 14.2 Å². The Balaban J connectivity index is 4.29. The summed E-state index contributed by atoms with van der Waals surface area (Å²) in [5.41, 5.74) is 0. The molecule has 78 heavy (non-hydrogen) atoms. The summed E-state index contributed by atoms with van der Waals surface area (Å²) < 4.78 is 16.9. The molecule has 0 bridgehead atoms. The van der Waals surface area contributed by atoms with Crippen LogP contribution in [0.4, 0.5) is 0 Å². The van der Waals surface area contributed by atoms with Gasteiger partial charge in [0.25, 0.3) is 0 Å². The van der Waals surface area contributed by atoms with E-state index in [1.165, 1.54) is 173 Å². The summed E-state index contributed by atoms with van der Waals surface area (Å²) in [5.74, 6) is -0.935. The number of unbranched alkanes of at least 4 members (excludes halogenated alkanes) is 33. The molecule has 0 aliphatic carbocycles. The maximum Gasteiger partial charge on any atom is 0.306 e. The van der Waals surface area contributed by atoms with Gasteiger partial charge < -0.3 is 14.2 Å². The molecule has 0 aromatic carbocycles. The molecule has 0 aliphatic rings. The molecular formula is C72H124O6. The molecule has 0 aromatic rings. The van der Waals surface area contributed by atoms with Gasteiger partial charge in [-0.3, -0.25) is 14.4 Å². The van der Waals surface area contributed by atoms with Crippen molar-refractivity contribution in [3.05, 3.63) is 97.2 Å². The van der Waals surface area contributed by atoms with Gasteiger partial charge in [0.15, 0.2) is 6.10 Å². The fraction of sp³-hybridized carbons (Fsp3) is 0.736. The van der Waals surface area contributed by atoms with Crippen molar-refractivity contribution in [1.82, 2.24) is 0 Å². The van der Waals surface area contributed by atoms with E-state index in [9.17, 15) is 14.4 Å². The molecular weight excluding hydrogens is 961 g/mol. The van der Waals surface area contributed by atoms with E-state index in [0.717, 1.165) is 109 Å². The molecule has 6 nitrogen and oxygen atoms in total. The number of ether oxygens (including phenoxy) is 3. The lowest BCUT2D eigenvalue weighted by Crippen LogP contribution is -2.30. The molecule has 6 heteroatoms. The molecule has 0 N–H and O–H groups in total. The Bertz CT molecular complexity index is 1530. The maximum absolute atomic E-state index is 12.9. The van der Waals surface area contributed by atoms with Crippen molar-refractivity contribution in [3.63, 3.8) is 0 Å². The van der Waals surface area contributed by atoms with Crippen molar-refractivity contribution < 1.29 is 28.6 Å². The molecule has 0 heterocycles. The lowest BCUT2D eigenvalue weighted by molar-refractivity contribution is -0.167. The molecule has 1 atom stereocenters. The second-order valence-corrected chi connectivity index (χ2v) is 22.0. The van der Waals surface area contributed by atoms with E-state index in [-0.39, 0.29) is 31.1 Å². The summed E-state index contributed by atoms with van der Waals surface area (Å²) in [6, 6.07) is 0. The molecule has 0 fully saturated rings. The summed E-state index contributed by atoms with van der Waals surface area (Å²) in [7, 11) is 0. The fourth-order valence-corrected chi connectivity index (χ4v) is 9.32. The first-order valence-corrected chi connectivity index (χ1v) is 33.2. The smallest absolute Gasteiger partial charge is 0.306 e. The van der Waals surface area contributed by atoms with Crippen LogP contribution in [0, 0.1) is 0 Å². The standard InChI is InChI=1S/C72H124O6/c1-4-7-10-13-16-19-22-25-28-30-31-32-33-34-35-36-37-38-39-40-41-42-45-47-50-53-56-59-62-65-71(74)77-68-69(67-76-70(73)64-61-58-55-52-49-46-43-27-24-21-18-15-12-9-6-3)78-72(75)66-63-60-57-54-51-48-44-29-26-23-20-17-14-11-8-5-2/h9,12,18,21-22,25,27,29-31,33-34,43-44,49,52,69H,4-8,10-11,13-17,19-20,23-24,26,28,32,35-42,45-48,50-51,53-68H2,1-3H3/b12-9-,21-18-,25-22-,31-30-,34-33-,43-27-,44-29-,52-49-. The quantitative estimate of drug-likeness (QED) is 0.0261. The van der Waals surface area contributed by atoms with Gasteiger partial charge in [-0.2, -0.15) is 0 Å². The Morgan fingerprint density at radius 3 is 0.821 bits per heavy atom. The van der Waals surface area contributed by atoms with Crippen molar-refractivity contribution in [2.75, 3.05) is 13.2 Å². The predicted octanol–water partition coefficient (Wildman–Crippen LogP) is 22.8. The van der Waals surface area contributed by atoms with Crippen LogP contribution in [0.25, 0.3) is 0 Å². The molecule has 0 radical (unpaired) electrons. The van der Waals surface area contributed by atoms with Gasteiger partial charge in [-0.25, -0.2) is 0 Å². The third kappa shape index (κ3) is 63.2. The SMILES string of the molecule is CC/C=C\C/C=C\C/C=C\C/C=C\CCCCC(=O)OCC(COC(=O)CCCCCCCCCCCCCCCC/C=C\C/C=C\C/C=C\CCCCCCC)OC(=O)CCCCCCC/C=C\CCCCCCCCC. The number of carbonyl (C=O) groups excluding carboxylic acids is 3. The summed E-state index contributed by atoms with van der Waals surface area (Å²) in [6.07, 6.45) is 88.6. The van der Waals surface area contributed by atoms with Crippen molar-refractivity contribution in [2.45, 2.75) is 329 Å². The van der Waals surface area contributed by atoms with E-state index >= 15 is 0 Å². The number of hydrogen-bond acceptors (Lipinski definition) is 6. The Hall–Kier alpha value is -3.67. The van der Waals surface area contributed by atoms with Gasteiger partial charge in [-0.05, 0) is 122 Å². The number of carbonyl (C=O) groups is 3. The lowest BCUT2D eigenvalue weighted by atomic mass is 10.0. The average Bonchev–Trinajstić information content (AvgIpc) is 3.44. The maximum atomic E-state index is 12.9. The van der Waals surface area contributed by atoms with Crippen LogP contribution in [0.2, 0.25) is 0 Å². The van der Waals surface area contributed by atoms with Gasteiger partial charge in [-0.1, -0.05) is 279 Å². The highest BCUT2D eigenvalue weighted by Crippen LogP contribution is 2.16. The van der Waals surface area contributed by atoms with Crippen LogP contribution in [0.15, 0.2) is 97.2 Å². The van der Waals surface area contributed by atoms with Gasteiger partial charge in [-0.15, -0.1) is 0 Å². The summed E-state index contributed by atoms with van der Waals surface area (Å²) in [6.45, 7) is 6.50. The van der Waals surface area contributed by atoms with Crippen LogP contribution >= 0.6 is 0 Å². The topological polar surface area (TPSA) is 78.9 Å². The van der Waals surface area contributed by atoms with Crippen LogP contribution in [0.3, 0.4) is 0 Å². The van der Waals surface area contributed by atoms with E-state index in [2.05, 4.69) is 118 Å². The van der Waals surface area contributed by atoms with Crippen molar-refractivity contribution in [1.29, 1.82) is 0 Å². The van der Waals surface area contributed by atoms with Crippen LogP contribution in [-0.2, 0) is 28.6 Å². The van der Waals surface area contributed by atoms with E-state index in [1.807, 2.05) is 0 Å². The second kappa shape index (κ2) is 65.8. The van der Waals surface area contributed by atoms with Gasteiger partial charge in [0, 0.05) is 19.3 Å². The number of allylic oxidation sites excluding steroid dienone is 16. The lowest BCUT2D eigenvalue weighted by Gasteiger charge is -2.18. The molecule has 0 saturated heterocycles. The van der Waals surface area contributed by atoms with Gasteiger partial charge >= 0.3 is 17.9 Å². The van der Waals surface area contributed by atoms with Crippen LogP contribution < -0.4 is 0 Å². The highest BCUT2D eigenvalue weighted by Gasteiger charge is 2.19. The second-order valence-electron chi connectivity index (χ2n) is 22.0. The Kier molecular flexibility index (Phi) is 62.7. The predicted molar refractivity (Wildman–Crippen MR) is 339 cm³/mol. The minimum Gasteiger partial charge on any atom is -0.462 e. The van der Waals surface area contributed by atoms with Crippen LogP contribution in [-0.4, -0.2) is 37.2 Å². The highest BCUT2D eigenvalue weighted by molar-refractivity contribution is 5.71. The highest BCUT2D eigenvalue weighted by atomic mass is 16.6. The van der Waals surface area contributed by atoms with E-state index in [0.29, 0.717) is 19.3 Å². The number of hydrogen-bond donors (Lipinski definition) is 0. The molecule has 0 rings (SSSR count). The van der Waals surface area contributed by atoms with E-state index < -0.39 is 6.10 Å². The van der Waals surface area contributed by atoms with Gasteiger partial charge in [0.1, 0.15) is 13.2 Å². The summed E-state index contributed by atoms with van der Waals surface area (Å²) >= 11 is 0. The third-order valence-electron chi connectivity index (χ3n) is 14.3. The van der Waals surface area contributed by atoms with Gasteiger partial charge in [0.2, 0.25) is 0 Å². The van der Waals surface area contributed by atoms with Crippen molar-refractivity contribution >= 4 is 17.9 Å². The van der Waals surface area contributed by atoms with Crippen molar-refractivity contribution in [3.8, 4) is 0 Å².